The van der Waals surface area contributed by atoms with Crippen molar-refractivity contribution in [2.75, 3.05) is 6.61 Å². The first-order valence-electron chi connectivity index (χ1n) is 7.52. The fraction of sp³-hybridized carbons (Fsp3) is 0.278. The van der Waals surface area contributed by atoms with E-state index in [1.807, 2.05) is 16.7 Å². The summed E-state index contributed by atoms with van der Waals surface area (Å²) in [5.74, 6) is 0.579. The Hall–Kier alpha value is -2.04. The van der Waals surface area contributed by atoms with Gasteiger partial charge in [-0.05, 0) is 49.2 Å². The van der Waals surface area contributed by atoms with Crippen LogP contribution in [0.25, 0.3) is 11.0 Å². The molecule has 0 aliphatic rings. The zero-order chi connectivity index (χ0) is 16.4. The number of aryl methyl sites for hydroxylation is 2. The number of benzene rings is 2. The Morgan fingerprint density at radius 1 is 1.22 bits per heavy atom. The molecule has 23 heavy (non-hydrogen) atoms. The Morgan fingerprint density at radius 3 is 2.74 bits per heavy atom. The van der Waals surface area contributed by atoms with Gasteiger partial charge in [0.05, 0.1) is 28.9 Å². The highest BCUT2D eigenvalue weighted by Gasteiger charge is 2.11. The third kappa shape index (κ3) is 3.49. The summed E-state index contributed by atoms with van der Waals surface area (Å²) >= 11 is 6.04. The van der Waals surface area contributed by atoms with E-state index in [1.54, 1.807) is 18.5 Å². The molecule has 0 amide bonds. The van der Waals surface area contributed by atoms with Crippen molar-refractivity contribution in [3.8, 4) is 5.75 Å². The second-order valence-electron chi connectivity index (χ2n) is 5.72. The Morgan fingerprint density at radius 2 is 1.96 bits per heavy atom. The summed E-state index contributed by atoms with van der Waals surface area (Å²) in [6.07, 6.45) is 1.10. The first-order valence-corrected chi connectivity index (χ1v) is 7.90. The fourth-order valence-corrected chi connectivity index (χ4v) is 2.68. The van der Waals surface area contributed by atoms with Crippen LogP contribution in [-0.2, 0) is 6.54 Å². The van der Waals surface area contributed by atoms with Gasteiger partial charge in [0, 0.05) is 0 Å². The van der Waals surface area contributed by atoms with Crippen molar-refractivity contribution >= 4 is 22.6 Å². The predicted octanol–water partition coefficient (Wildman–Crippen LogP) is 3.75. The SMILES string of the molecule is Cc1cc2ncn(C[C@@H](O)COc3ccccc3Cl)c2cc1C. The van der Waals surface area contributed by atoms with Crippen LogP contribution in [0.1, 0.15) is 11.1 Å². The molecule has 0 unspecified atom stereocenters. The highest BCUT2D eigenvalue weighted by Crippen LogP contribution is 2.23. The maximum Gasteiger partial charge on any atom is 0.138 e. The first-order chi connectivity index (χ1) is 11.0. The summed E-state index contributed by atoms with van der Waals surface area (Å²) in [5.41, 5.74) is 4.38. The minimum Gasteiger partial charge on any atom is -0.489 e. The van der Waals surface area contributed by atoms with Crippen LogP contribution in [0.5, 0.6) is 5.75 Å². The summed E-state index contributed by atoms with van der Waals surface area (Å²) in [4.78, 5) is 4.40. The van der Waals surface area contributed by atoms with Crippen LogP contribution < -0.4 is 4.74 Å². The molecule has 0 aliphatic heterocycles. The lowest BCUT2D eigenvalue weighted by atomic mass is 10.1. The molecule has 0 saturated heterocycles. The van der Waals surface area contributed by atoms with E-state index in [-0.39, 0.29) is 6.61 Å². The molecular formula is C18H19ClN2O2. The molecule has 5 heteroatoms. The molecule has 1 heterocycles. The minimum atomic E-state index is -0.648. The molecule has 0 saturated carbocycles. The average molecular weight is 331 g/mol. The van der Waals surface area contributed by atoms with Crippen molar-refractivity contribution in [3.63, 3.8) is 0 Å². The van der Waals surface area contributed by atoms with Gasteiger partial charge in [-0.15, -0.1) is 0 Å². The predicted molar refractivity (Wildman–Crippen MR) is 92.2 cm³/mol. The summed E-state index contributed by atoms with van der Waals surface area (Å²) < 4.78 is 7.53. The monoisotopic (exact) mass is 330 g/mol. The van der Waals surface area contributed by atoms with E-state index >= 15 is 0 Å². The van der Waals surface area contributed by atoms with Crippen LogP contribution in [0.2, 0.25) is 5.02 Å². The molecule has 0 spiro atoms. The lowest BCUT2D eigenvalue weighted by molar-refractivity contribution is 0.0935. The van der Waals surface area contributed by atoms with E-state index in [2.05, 4.69) is 31.0 Å². The van der Waals surface area contributed by atoms with Crippen LogP contribution in [0.15, 0.2) is 42.7 Å². The number of aromatic nitrogens is 2. The van der Waals surface area contributed by atoms with Gasteiger partial charge in [0.25, 0.3) is 0 Å². The van der Waals surface area contributed by atoms with Crippen molar-refractivity contribution in [1.82, 2.24) is 9.55 Å². The van der Waals surface area contributed by atoms with E-state index in [1.165, 1.54) is 11.1 Å². The van der Waals surface area contributed by atoms with Crippen LogP contribution in [0.3, 0.4) is 0 Å². The van der Waals surface area contributed by atoms with Crippen LogP contribution >= 0.6 is 11.6 Å². The zero-order valence-electron chi connectivity index (χ0n) is 13.2. The summed E-state index contributed by atoms with van der Waals surface area (Å²) in [6.45, 7) is 4.74. The lowest BCUT2D eigenvalue weighted by Crippen LogP contribution is -2.23. The number of nitrogens with zero attached hydrogens (tertiary/aromatic N) is 2. The van der Waals surface area contributed by atoms with E-state index in [0.717, 1.165) is 11.0 Å². The maximum atomic E-state index is 10.2. The van der Waals surface area contributed by atoms with Crippen molar-refractivity contribution in [2.45, 2.75) is 26.5 Å². The second kappa shape index (κ2) is 6.60. The standard InChI is InChI=1S/C18H19ClN2O2/c1-12-7-16-17(8-13(12)2)21(11-20-16)9-14(22)10-23-18-6-4-3-5-15(18)19/h3-8,11,14,22H,9-10H2,1-2H3/t14-/m1/s1. The van der Waals surface area contributed by atoms with E-state index in [4.69, 9.17) is 16.3 Å². The number of imidazole rings is 1. The van der Waals surface area contributed by atoms with Gasteiger partial charge in [0.1, 0.15) is 18.5 Å². The van der Waals surface area contributed by atoms with E-state index in [0.29, 0.717) is 17.3 Å². The van der Waals surface area contributed by atoms with Gasteiger partial charge in [0.15, 0.2) is 0 Å². The molecule has 1 atom stereocenters. The van der Waals surface area contributed by atoms with Crippen molar-refractivity contribution in [1.29, 1.82) is 0 Å². The Balaban J connectivity index is 1.69. The maximum absolute atomic E-state index is 10.2. The van der Waals surface area contributed by atoms with E-state index in [9.17, 15) is 5.11 Å². The molecule has 2 aromatic carbocycles. The first kappa shape index (κ1) is 15.8. The van der Waals surface area contributed by atoms with Gasteiger partial charge >= 0.3 is 0 Å². The minimum absolute atomic E-state index is 0.175. The summed E-state index contributed by atoms with van der Waals surface area (Å²) in [6, 6.07) is 11.4. The Kier molecular flexibility index (Phi) is 4.55. The molecule has 0 radical (unpaired) electrons. The molecule has 120 valence electrons. The zero-order valence-corrected chi connectivity index (χ0v) is 13.9. The molecule has 0 aliphatic carbocycles. The molecule has 0 fully saturated rings. The number of hydrogen-bond acceptors (Lipinski definition) is 3. The quantitative estimate of drug-likeness (QED) is 0.775. The highest BCUT2D eigenvalue weighted by molar-refractivity contribution is 6.32. The normalized spacial score (nSPS) is 12.5. The van der Waals surface area contributed by atoms with Gasteiger partial charge in [-0.25, -0.2) is 4.98 Å². The Labute approximate surface area is 140 Å². The molecule has 0 bridgehead atoms. The van der Waals surface area contributed by atoms with Crippen LogP contribution in [0.4, 0.5) is 0 Å². The van der Waals surface area contributed by atoms with E-state index < -0.39 is 6.10 Å². The van der Waals surface area contributed by atoms with Crippen LogP contribution in [0, 0.1) is 13.8 Å². The van der Waals surface area contributed by atoms with Crippen LogP contribution in [-0.4, -0.2) is 27.4 Å². The number of halogens is 1. The number of aliphatic hydroxyl groups excluding tert-OH is 1. The topological polar surface area (TPSA) is 47.3 Å². The number of rotatable bonds is 5. The molecule has 1 aromatic heterocycles. The summed E-state index contributed by atoms with van der Waals surface area (Å²) in [5, 5.41) is 10.8. The third-order valence-electron chi connectivity index (χ3n) is 3.91. The number of aliphatic hydroxyl groups is 1. The second-order valence-corrected chi connectivity index (χ2v) is 6.12. The van der Waals surface area contributed by atoms with Gasteiger partial charge in [0.2, 0.25) is 0 Å². The molecule has 3 aromatic rings. The number of fused-ring (bicyclic) bond motifs is 1. The molecule has 3 rings (SSSR count). The van der Waals surface area contributed by atoms with Crippen molar-refractivity contribution < 1.29 is 9.84 Å². The smallest absolute Gasteiger partial charge is 0.138 e. The fourth-order valence-electron chi connectivity index (χ4n) is 2.49. The number of hydrogen-bond donors (Lipinski definition) is 1. The van der Waals surface area contributed by atoms with Crippen molar-refractivity contribution in [2.24, 2.45) is 0 Å². The van der Waals surface area contributed by atoms with Crippen molar-refractivity contribution in [3.05, 3.63) is 58.9 Å². The lowest BCUT2D eigenvalue weighted by Gasteiger charge is -2.14. The Bertz CT molecular complexity index is 829. The molecule has 1 N–H and O–H groups in total. The molecule has 4 nitrogen and oxygen atoms in total. The van der Waals surface area contributed by atoms with Gasteiger partial charge in [-0.3, -0.25) is 0 Å². The van der Waals surface area contributed by atoms with Gasteiger partial charge in [-0.1, -0.05) is 23.7 Å². The summed E-state index contributed by atoms with van der Waals surface area (Å²) in [7, 11) is 0. The van der Waals surface area contributed by atoms with Gasteiger partial charge < -0.3 is 14.4 Å². The van der Waals surface area contributed by atoms with Gasteiger partial charge in [-0.2, -0.15) is 0 Å². The largest absolute Gasteiger partial charge is 0.489 e. The molecular weight excluding hydrogens is 312 g/mol. The highest BCUT2D eigenvalue weighted by atomic mass is 35.5. The average Bonchev–Trinajstić information content (AvgIpc) is 2.89. The number of ether oxygens (including phenoxy) is 1. The number of para-hydroxylation sites is 1. The third-order valence-corrected chi connectivity index (χ3v) is 4.22.